The SMILES string of the molecule is N/C(=N\c1ccc(F)c(Cl)c1)SCc1ccccc1CS/C(N)=N/c1ccc(F)c(Cl)c1. The second-order valence-electron chi connectivity index (χ2n) is 6.44. The molecule has 0 aliphatic rings. The summed E-state index contributed by atoms with van der Waals surface area (Å²) in [5, 5.41) is 0.663. The summed E-state index contributed by atoms with van der Waals surface area (Å²) in [6.07, 6.45) is 0. The number of nitrogens with zero attached hydrogens (tertiary/aromatic N) is 2. The smallest absolute Gasteiger partial charge is 0.159 e. The number of amidine groups is 2. The van der Waals surface area contributed by atoms with Crippen LogP contribution in [0.2, 0.25) is 10.0 Å². The predicted octanol–water partition coefficient (Wildman–Crippen LogP) is 7.03. The zero-order valence-electron chi connectivity index (χ0n) is 16.6. The van der Waals surface area contributed by atoms with Gasteiger partial charge in [-0.25, -0.2) is 18.8 Å². The van der Waals surface area contributed by atoms with Gasteiger partial charge in [0.25, 0.3) is 0 Å². The van der Waals surface area contributed by atoms with Gasteiger partial charge in [-0.05, 0) is 47.5 Å². The lowest BCUT2D eigenvalue weighted by Crippen LogP contribution is -2.08. The Bertz CT molecular complexity index is 1080. The first-order valence-corrected chi connectivity index (χ1v) is 12.0. The minimum Gasteiger partial charge on any atom is -0.378 e. The lowest BCUT2D eigenvalue weighted by Gasteiger charge is -2.09. The molecule has 10 heteroatoms. The van der Waals surface area contributed by atoms with Gasteiger partial charge in [-0.1, -0.05) is 71.0 Å². The minimum atomic E-state index is -0.506. The molecule has 0 amide bonds. The third-order valence-corrected chi connectivity index (χ3v) is 6.42. The Kier molecular flexibility index (Phi) is 8.81. The van der Waals surface area contributed by atoms with E-state index >= 15 is 0 Å². The van der Waals surface area contributed by atoms with E-state index in [4.69, 9.17) is 34.7 Å². The van der Waals surface area contributed by atoms with Crippen molar-refractivity contribution in [2.24, 2.45) is 21.5 Å². The molecule has 0 aliphatic heterocycles. The number of aliphatic imine (C=N–C) groups is 2. The van der Waals surface area contributed by atoms with Gasteiger partial charge in [0, 0.05) is 11.5 Å². The van der Waals surface area contributed by atoms with Gasteiger partial charge in [-0.15, -0.1) is 0 Å². The van der Waals surface area contributed by atoms with Crippen LogP contribution in [0.3, 0.4) is 0 Å². The van der Waals surface area contributed by atoms with Gasteiger partial charge in [0.1, 0.15) is 11.6 Å². The van der Waals surface area contributed by atoms with Crippen LogP contribution in [0.25, 0.3) is 0 Å². The van der Waals surface area contributed by atoms with Gasteiger partial charge in [0.15, 0.2) is 10.3 Å². The standard InChI is InChI=1S/C22H18Cl2F2N4S2/c23-17-9-15(5-7-19(17)25)29-21(27)31-11-13-3-1-2-4-14(13)12-32-22(28)30-16-6-8-20(26)18(24)10-16/h1-10H,11-12H2,(H2,27,29)(H2,28,30). The van der Waals surface area contributed by atoms with Gasteiger partial charge in [0.2, 0.25) is 0 Å². The Morgan fingerprint density at radius 2 is 1.12 bits per heavy atom. The number of hydrogen-bond acceptors (Lipinski definition) is 4. The molecule has 0 saturated heterocycles. The molecule has 0 radical (unpaired) electrons. The first-order chi connectivity index (χ1) is 15.3. The van der Waals surface area contributed by atoms with Crippen molar-refractivity contribution in [3.05, 3.63) is 93.5 Å². The van der Waals surface area contributed by atoms with Crippen LogP contribution in [0.5, 0.6) is 0 Å². The first kappa shape index (κ1) is 24.4. The summed E-state index contributed by atoms with van der Waals surface area (Å²) < 4.78 is 26.6. The van der Waals surface area contributed by atoms with Crippen LogP contribution >= 0.6 is 46.7 Å². The molecule has 4 nitrogen and oxygen atoms in total. The van der Waals surface area contributed by atoms with E-state index in [0.29, 0.717) is 33.2 Å². The van der Waals surface area contributed by atoms with Gasteiger partial charge in [0.05, 0.1) is 21.4 Å². The van der Waals surface area contributed by atoms with E-state index in [1.165, 1.54) is 59.9 Å². The fourth-order valence-corrected chi connectivity index (χ4v) is 4.43. The fourth-order valence-electron chi connectivity index (χ4n) is 2.57. The Morgan fingerprint density at radius 1 is 0.719 bits per heavy atom. The minimum absolute atomic E-state index is 0.00594. The van der Waals surface area contributed by atoms with E-state index in [-0.39, 0.29) is 10.0 Å². The number of halogens is 4. The van der Waals surface area contributed by atoms with Crippen LogP contribution in [0.4, 0.5) is 20.2 Å². The van der Waals surface area contributed by atoms with Crippen LogP contribution in [-0.4, -0.2) is 10.3 Å². The summed E-state index contributed by atoms with van der Waals surface area (Å²) in [5.41, 5.74) is 15.1. The molecule has 0 saturated carbocycles. The van der Waals surface area contributed by atoms with Crippen LogP contribution in [0.15, 0.2) is 70.6 Å². The quantitative estimate of drug-likeness (QED) is 0.275. The number of thioether (sulfide) groups is 2. The predicted molar refractivity (Wildman–Crippen MR) is 134 cm³/mol. The molecule has 3 rings (SSSR count). The molecule has 3 aromatic rings. The Labute approximate surface area is 203 Å². The summed E-state index contributed by atoms with van der Waals surface area (Å²) in [6, 6.07) is 16.2. The van der Waals surface area contributed by atoms with Crippen molar-refractivity contribution in [1.29, 1.82) is 0 Å². The van der Waals surface area contributed by atoms with Crippen LogP contribution < -0.4 is 11.5 Å². The summed E-state index contributed by atoms with van der Waals surface area (Å²) in [5.74, 6) is 0.166. The largest absolute Gasteiger partial charge is 0.378 e. The van der Waals surface area contributed by atoms with E-state index in [1.54, 1.807) is 0 Å². The summed E-state index contributed by atoms with van der Waals surface area (Å²) in [4.78, 5) is 8.53. The van der Waals surface area contributed by atoms with Crippen LogP contribution in [0.1, 0.15) is 11.1 Å². The van der Waals surface area contributed by atoms with Gasteiger partial charge in [-0.3, -0.25) is 0 Å². The monoisotopic (exact) mass is 510 g/mol. The molecule has 4 N–H and O–H groups in total. The molecular weight excluding hydrogens is 493 g/mol. The number of benzene rings is 3. The second kappa shape index (κ2) is 11.6. The molecule has 0 aliphatic carbocycles. The number of nitrogens with two attached hydrogens (primary N) is 2. The fraction of sp³-hybridized carbons (Fsp3) is 0.0909. The molecule has 3 aromatic carbocycles. The zero-order valence-corrected chi connectivity index (χ0v) is 19.7. The Balaban J connectivity index is 1.62. The van der Waals surface area contributed by atoms with Crippen molar-refractivity contribution in [2.75, 3.05) is 0 Å². The maximum atomic E-state index is 13.3. The molecule has 0 aromatic heterocycles. The third-order valence-electron chi connectivity index (χ3n) is 4.15. The van der Waals surface area contributed by atoms with Crippen molar-refractivity contribution in [3.8, 4) is 0 Å². The van der Waals surface area contributed by atoms with E-state index < -0.39 is 11.6 Å². The van der Waals surface area contributed by atoms with Crippen molar-refractivity contribution in [3.63, 3.8) is 0 Å². The Hall–Kier alpha value is -2.26. The van der Waals surface area contributed by atoms with Crippen molar-refractivity contribution < 1.29 is 8.78 Å². The second-order valence-corrected chi connectivity index (χ2v) is 9.25. The van der Waals surface area contributed by atoms with E-state index in [9.17, 15) is 8.78 Å². The normalized spacial score (nSPS) is 12.2. The Morgan fingerprint density at radius 3 is 1.50 bits per heavy atom. The summed E-state index contributed by atoms with van der Waals surface area (Å²) in [6.45, 7) is 0. The van der Waals surface area contributed by atoms with Crippen molar-refractivity contribution in [2.45, 2.75) is 11.5 Å². The molecule has 0 atom stereocenters. The topological polar surface area (TPSA) is 76.8 Å². The van der Waals surface area contributed by atoms with Crippen molar-refractivity contribution in [1.82, 2.24) is 0 Å². The summed E-state index contributed by atoms with van der Waals surface area (Å²) >= 11 is 14.3. The molecule has 0 unspecified atom stereocenters. The first-order valence-electron chi connectivity index (χ1n) is 9.22. The van der Waals surface area contributed by atoms with E-state index in [2.05, 4.69) is 9.98 Å². The number of hydrogen-bond donors (Lipinski definition) is 2. The van der Waals surface area contributed by atoms with E-state index in [1.807, 2.05) is 24.3 Å². The van der Waals surface area contributed by atoms with Gasteiger partial charge in [-0.2, -0.15) is 0 Å². The molecular formula is C22H18Cl2F2N4S2. The van der Waals surface area contributed by atoms with Crippen molar-refractivity contribution >= 4 is 68.4 Å². The third kappa shape index (κ3) is 7.13. The maximum Gasteiger partial charge on any atom is 0.159 e. The molecule has 0 heterocycles. The molecule has 0 fully saturated rings. The molecule has 0 spiro atoms. The zero-order chi connectivity index (χ0) is 23.1. The maximum absolute atomic E-state index is 13.3. The highest BCUT2D eigenvalue weighted by Crippen LogP contribution is 2.26. The van der Waals surface area contributed by atoms with Crippen LogP contribution in [-0.2, 0) is 11.5 Å². The van der Waals surface area contributed by atoms with E-state index in [0.717, 1.165) is 11.1 Å². The summed E-state index contributed by atoms with van der Waals surface area (Å²) in [7, 11) is 0. The number of rotatable bonds is 6. The molecule has 166 valence electrons. The molecule has 32 heavy (non-hydrogen) atoms. The van der Waals surface area contributed by atoms with Gasteiger partial charge >= 0.3 is 0 Å². The highest BCUT2D eigenvalue weighted by molar-refractivity contribution is 8.13. The highest BCUT2D eigenvalue weighted by Gasteiger charge is 2.07. The lowest BCUT2D eigenvalue weighted by atomic mass is 10.1. The lowest BCUT2D eigenvalue weighted by molar-refractivity contribution is 0.628. The average Bonchev–Trinajstić information content (AvgIpc) is 2.76. The highest BCUT2D eigenvalue weighted by atomic mass is 35.5. The van der Waals surface area contributed by atoms with Crippen LogP contribution in [0, 0.1) is 11.6 Å². The average molecular weight is 511 g/mol. The van der Waals surface area contributed by atoms with Gasteiger partial charge < -0.3 is 11.5 Å². The molecule has 0 bridgehead atoms.